The third-order valence-electron chi connectivity index (χ3n) is 7.39. The molecule has 0 bridgehead atoms. The number of dihydropyridines is 1. The zero-order valence-electron chi connectivity index (χ0n) is 21.0. The van der Waals surface area contributed by atoms with Gasteiger partial charge in [0.2, 0.25) is 0 Å². The van der Waals surface area contributed by atoms with Gasteiger partial charge in [0.25, 0.3) is 0 Å². The molecule has 37 heavy (non-hydrogen) atoms. The van der Waals surface area contributed by atoms with Crippen molar-refractivity contribution in [2.24, 2.45) is 0 Å². The molecule has 0 spiro atoms. The minimum atomic E-state index is 0.164. The lowest BCUT2D eigenvalue weighted by Gasteiger charge is -2.42. The summed E-state index contributed by atoms with van der Waals surface area (Å²) >= 11 is 0. The molecule has 3 unspecified atom stereocenters. The molecule has 0 saturated carbocycles. The fraction of sp³-hybridized carbons (Fsp3) is 0.250. The van der Waals surface area contributed by atoms with Crippen molar-refractivity contribution in [3.05, 3.63) is 132 Å². The smallest absolute Gasteiger partial charge is 0.104 e. The van der Waals surface area contributed by atoms with Crippen LogP contribution in [0.25, 0.3) is 5.70 Å². The predicted molar refractivity (Wildman–Crippen MR) is 151 cm³/mol. The molecule has 188 valence electrons. The summed E-state index contributed by atoms with van der Waals surface area (Å²) in [5.41, 5.74) is 7.45. The maximum absolute atomic E-state index is 5.61. The van der Waals surface area contributed by atoms with Crippen LogP contribution in [0.1, 0.15) is 22.7 Å². The molecule has 0 amide bonds. The van der Waals surface area contributed by atoms with E-state index in [0.29, 0.717) is 0 Å². The van der Waals surface area contributed by atoms with E-state index in [0.717, 1.165) is 44.1 Å². The van der Waals surface area contributed by atoms with E-state index in [-0.39, 0.29) is 18.2 Å². The molecule has 3 aliphatic heterocycles. The van der Waals surface area contributed by atoms with Crippen LogP contribution in [-0.4, -0.2) is 43.4 Å². The number of fused-ring (bicyclic) bond motifs is 1. The number of anilines is 1. The zero-order chi connectivity index (χ0) is 24.9. The predicted octanol–water partition coefficient (Wildman–Crippen LogP) is 5.10. The van der Waals surface area contributed by atoms with Gasteiger partial charge in [-0.05, 0) is 59.2 Å². The van der Waals surface area contributed by atoms with E-state index >= 15 is 0 Å². The summed E-state index contributed by atoms with van der Waals surface area (Å²) in [4.78, 5) is 2.49. The van der Waals surface area contributed by atoms with Crippen LogP contribution in [0.5, 0.6) is 0 Å². The van der Waals surface area contributed by atoms with Crippen molar-refractivity contribution in [2.45, 2.75) is 24.7 Å². The SMILES string of the molecule is C1=CNC2C=C(c3ccc(NC(Cc4ccccc4)c4ccccc4)cc3)NC(N3CCOCC3)C2=C1. The van der Waals surface area contributed by atoms with Crippen LogP contribution in [-0.2, 0) is 11.2 Å². The molecule has 3 N–H and O–H groups in total. The Morgan fingerprint density at radius 1 is 0.892 bits per heavy atom. The molecule has 0 aromatic heterocycles. The van der Waals surface area contributed by atoms with Gasteiger partial charge in [-0.1, -0.05) is 78.9 Å². The van der Waals surface area contributed by atoms with E-state index in [1.807, 2.05) is 6.20 Å². The maximum Gasteiger partial charge on any atom is 0.104 e. The maximum atomic E-state index is 5.61. The average Bonchev–Trinajstić information content (AvgIpc) is 2.98. The van der Waals surface area contributed by atoms with Gasteiger partial charge in [-0.2, -0.15) is 0 Å². The fourth-order valence-corrected chi connectivity index (χ4v) is 5.42. The molecule has 3 aromatic carbocycles. The number of benzene rings is 3. The van der Waals surface area contributed by atoms with E-state index in [1.54, 1.807) is 0 Å². The Hall–Kier alpha value is -3.80. The van der Waals surface area contributed by atoms with Gasteiger partial charge < -0.3 is 20.7 Å². The van der Waals surface area contributed by atoms with Crippen LogP contribution >= 0.6 is 0 Å². The zero-order valence-corrected chi connectivity index (χ0v) is 21.0. The first-order chi connectivity index (χ1) is 18.3. The normalized spacial score (nSPS) is 22.1. The highest BCUT2D eigenvalue weighted by molar-refractivity contribution is 5.70. The van der Waals surface area contributed by atoms with Gasteiger partial charge in [-0.15, -0.1) is 0 Å². The topological polar surface area (TPSA) is 48.6 Å². The van der Waals surface area contributed by atoms with Crippen LogP contribution in [0, 0.1) is 0 Å². The highest BCUT2D eigenvalue weighted by Gasteiger charge is 2.32. The van der Waals surface area contributed by atoms with Gasteiger partial charge in [-0.3, -0.25) is 4.90 Å². The third-order valence-corrected chi connectivity index (χ3v) is 7.39. The molecule has 5 nitrogen and oxygen atoms in total. The summed E-state index contributed by atoms with van der Waals surface area (Å²) in [6.07, 6.45) is 9.77. The number of ether oxygens (including phenoxy) is 1. The van der Waals surface area contributed by atoms with Gasteiger partial charge in [-0.25, -0.2) is 0 Å². The minimum absolute atomic E-state index is 0.164. The number of allylic oxidation sites excluding steroid dienone is 2. The van der Waals surface area contributed by atoms with E-state index in [2.05, 4.69) is 124 Å². The van der Waals surface area contributed by atoms with Gasteiger partial charge >= 0.3 is 0 Å². The number of morpholine rings is 1. The Bertz CT molecular complexity index is 1260. The lowest BCUT2D eigenvalue weighted by molar-refractivity contribution is 0.0188. The average molecular weight is 491 g/mol. The number of nitrogens with one attached hydrogen (secondary N) is 3. The van der Waals surface area contributed by atoms with Gasteiger partial charge in [0.1, 0.15) is 6.17 Å². The summed E-state index contributed by atoms with van der Waals surface area (Å²) < 4.78 is 5.61. The molecule has 6 rings (SSSR count). The minimum Gasteiger partial charge on any atom is -0.381 e. The van der Waals surface area contributed by atoms with Crippen molar-refractivity contribution in [3.63, 3.8) is 0 Å². The van der Waals surface area contributed by atoms with Crippen LogP contribution in [0.15, 0.2) is 115 Å². The second kappa shape index (κ2) is 11.1. The molecule has 3 atom stereocenters. The molecule has 0 aliphatic carbocycles. The van der Waals surface area contributed by atoms with Gasteiger partial charge in [0.15, 0.2) is 0 Å². The molecule has 3 aliphatic rings. The fourth-order valence-electron chi connectivity index (χ4n) is 5.42. The summed E-state index contributed by atoms with van der Waals surface area (Å²) in [5.74, 6) is 0. The summed E-state index contributed by atoms with van der Waals surface area (Å²) in [7, 11) is 0. The Balaban J connectivity index is 1.22. The second-order valence-corrected chi connectivity index (χ2v) is 9.82. The summed E-state index contributed by atoms with van der Waals surface area (Å²) in [6.45, 7) is 3.43. The van der Waals surface area contributed by atoms with E-state index in [4.69, 9.17) is 4.74 Å². The number of rotatable bonds is 7. The monoisotopic (exact) mass is 490 g/mol. The van der Waals surface area contributed by atoms with Gasteiger partial charge in [0, 0.05) is 24.5 Å². The number of hydrogen-bond acceptors (Lipinski definition) is 5. The highest BCUT2D eigenvalue weighted by atomic mass is 16.5. The van der Waals surface area contributed by atoms with Crippen molar-refractivity contribution in [2.75, 3.05) is 31.6 Å². The molecule has 5 heteroatoms. The standard InChI is InChI=1S/C32H34N4O/c1-3-8-24(9-4-1)22-29(25-10-5-2-6-11-25)34-27-15-13-26(14-16-27)30-23-31-28(12-7-17-33-31)32(35-30)36-18-20-37-21-19-36/h1-17,23,29,31-35H,18-22H2. The largest absolute Gasteiger partial charge is 0.381 e. The Morgan fingerprint density at radius 3 is 2.38 bits per heavy atom. The molecular formula is C32H34N4O. The molecule has 3 aromatic rings. The van der Waals surface area contributed by atoms with E-state index in [9.17, 15) is 0 Å². The van der Waals surface area contributed by atoms with Crippen molar-refractivity contribution in [1.82, 2.24) is 15.5 Å². The van der Waals surface area contributed by atoms with Crippen LogP contribution in [0.3, 0.4) is 0 Å². The summed E-state index contributed by atoms with van der Waals surface area (Å²) in [5, 5.41) is 11.1. The summed E-state index contributed by atoms with van der Waals surface area (Å²) in [6, 6.07) is 30.6. The number of hydrogen-bond donors (Lipinski definition) is 3. The third kappa shape index (κ3) is 5.48. The Labute approximate surface area is 219 Å². The highest BCUT2D eigenvalue weighted by Crippen LogP contribution is 2.29. The van der Waals surface area contributed by atoms with E-state index in [1.165, 1.54) is 22.3 Å². The van der Waals surface area contributed by atoms with Crippen LogP contribution in [0.4, 0.5) is 5.69 Å². The van der Waals surface area contributed by atoms with Crippen LogP contribution < -0.4 is 16.0 Å². The molecule has 1 fully saturated rings. The van der Waals surface area contributed by atoms with Crippen molar-refractivity contribution in [1.29, 1.82) is 0 Å². The first kappa shape index (κ1) is 23.6. The van der Waals surface area contributed by atoms with Crippen molar-refractivity contribution >= 4 is 11.4 Å². The van der Waals surface area contributed by atoms with Crippen molar-refractivity contribution < 1.29 is 4.74 Å². The molecule has 0 radical (unpaired) electrons. The first-order valence-corrected chi connectivity index (χ1v) is 13.2. The van der Waals surface area contributed by atoms with Crippen LogP contribution in [0.2, 0.25) is 0 Å². The second-order valence-electron chi connectivity index (χ2n) is 9.82. The molecule has 3 heterocycles. The first-order valence-electron chi connectivity index (χ1n) is 13.2. The molecule has 1 saturated heterocycles. The Morgan fingerprint density at radius 2 is 1.62 bits per heavy atom. The quantitative estimate of drug-likeness (QED) is 0.430. The Kier molecular flexibility index (Phi) is 7.06. The van der Waals surface area contributed by atoms with E-state index < -0.39 is 0 Å². The van der Waals surface area contributed by atoms with Crippen molar-refractivity contribution in [3.8, 4) is 0 Å². The lowest BCUT2D eigenvalue weighted by atomic mass is 9.93. The molecular weight excluding hydrogens is 456 g/mol. The lowest BCUT2D eigenvalue weighted by Crippen LogP contribution is -2.56. The van der Waals surface area contributed by atoms with Gasteiger partial charge in [0.05, 0.1) is 25.3 Å². The number of nitrogens with zero attached hydrogens (tertiary/aromatic N) is 1.